The van der Waals surface area contributed by atoms with Crippen molar-refractivity contribution in [1.29, 1.82) is 0 Å². The molecular weight excluding hydrogens is 307 g/mol. The first-order valence-corrected chi connectivity index (χ1v) is 7.65. The number of para-hydroxylation sites is 1. The van der Waals surface area contributed by atoms with Gasteiger partial charge in [0, 0.05) is 31.9 Å². The van der Waals surface area contributed by atoms with Gasteiger partial charge in [0.25, 0.3) is 0 Å². The van der Waals surface area contributed by atoms with Gasteiger partial charge in [-0.25, -0.2) is 4.98 Å². The van der Waals surface area contributed by atoms with Gasteiger partial charge in [0.2, 0.25) is 0 Å². The zero-order valence-electron chi connectivity index (χ0n) is 11.9. The first-order chi connectivity index (χ1) is 10.1. The average molecular weight is 323 g/mol. The summed E-state index contributed by atoms with van der Waals surface area (Å²) in [6.45, 7) is 2.72. The van der Waals surface area contributed by atoms with Crippen molar-refractivity contribution in [2.75, 3.05) is 0 Å². The Morgan fingerprint density at radius 2 is 2.10 bits per heavy atom. The molecule has 6 heteroatoms. The van der Waals surface area contributed by atoms with E-state index in [0.29, 0.717) is 5.02 Å². The van der Waals surface area contributed by atoms with Crippen molar-refractivity contribution >= 4 is 34.2 Å². The van der Waals surface area contributed by atoms with E-state index < -0.39 is 0 Å². The molecule has 0 fully saturated rings. The number of alkyl halides is 1. The molecule has 110 valence electrons. The van der Waals surface area contributed by atoms with E-state index in [1.807, 2.05) is 49.1 Å². The third-order valence-corrected chi connectivity index (χ3v) is 4.13. The molecule has 3 aromatic rings. The molecule has 0 aliphatic carbocycles. The highest BCUT2D eigenvalue weighted by molar-refractivity contribution is 6.35. The van der Waals surface area contributed by atoms with Crippen LogP contribution in [-0.4, -0.2) is 19.3 Å². The Morgan fingerprint density at radius 1 is 1.29 bits per heavy atom. The summed E-state index contributed by atoms with van der Waals surface area (Å²) in [6.07, 6.45) is 2.67. The van der Waals surface area contributed by atoms with E-state index in [1.165, 1.54) is 5.69 Å². The second-order valence-electron chi connectivity index (χ2n) is 5.04. The molecule has 0 saturated heterocycles. The molecule has 1 unspecified atom stereocenters. The number of imidazole rings is 1. The quantitative estimate of drug-likeness (QED) is 0.681. The maximum absolute atomic E-state index is 6.28. The zero-order valence-corrected chi connectivity index (χ0v) is 13.4. The molecule has 0 spiro atoms. The fourth-order valence-electron chi connectivity index (χ4n) is 2.54. The lowest BCUT2D eigenvalue weighted by Gasteiger charge is -2.10. The number of aryl methyl sites for hydroxylation is 3. The second kappa shape index (κ2) is 5.70. The van der Waals surface area contributed by atoms with Crippen molar-refractivity contribution < 1.29 is 0 Å². The van der Waals surface area contributed by atoms with Crippen LogP contribution in [0.15, 0.2) is 30.5 Å². The Morgan fingerprint density at radius 3 is 2.76 bits per heavy atom. The van der Waals surface area contributed by atoms with Gasteiger partial charge in [-0.2, -0.15) is 5.10 Å². The molecule has 0 saturated carbocycles. The van der Waals surface area contributed by atoms with Crippen molar-refractivity contribution in [2.45, 2.75) is 25.3 Å². The van der Waals surface area contributed by atoms with Gasteiger partial charge >= 0.3 is 0 Å². The molecule has 0 N–H and O–H groups in total. The van der Waals surface area contributed by atoms with Gasteiger partial charge in [0.15, 0.2) is 0 Å². The molecule has 21 heavy (non-hydrogen) atoms. The number of nitrogens with zero attached hydrogens (tertiary/aromatic N) is 4. The third-order valence-electron chi connectivity index (χ3n) is 3.63. The van der Waals surface area contributed by atoms with E-state index in [2.05, 4.69) is 14.6 Å². The zero-order chi connectivity index (χ0) is 15.0. The Hall–Kier alpha value is -1.52. The second-order valence-corrected chi connectivity index (χ2v) is 6.10. The smallest absolute Gasteiger partial charge is 0.127 e. The molecular formula is C15H16Cl2N4. The summed E-state index contributed by atoms with van der Waals surface area (Å²) in [6, 6.07) is 7.84. The number of hydrogen-bond acceptors (Lipinski definition) is 2. The van der Waals surface area contributed by atoms with Crippen molar-refractivity contribution in [3.8, 4) is 0 Å². The number of hydrogen-bond donors (Lipinski definition) is 0. The van der Waals surface area contributed by atoms with Gasteiger partial charge < -0.3 is 4.57 Å². The molecule has 2 heterocycles. The minimum absolute atomic E-state index is 0.167. The van der Waals surface area contributed by atoms with E-state index >= 15 is 0 Å². The maximum Gasteiger partial charge on any atom is 0.127 e. The van der Waals surface area contributed by atoms with Gasteiger partial charge in [-0.05, 0) is 25.1 Å². The minimum Gasteiger partial charge on any atom is -0.326 e. The van der Waals surface area contributed by atoms with Crippen LogP contribution in [0.4, 0.5) is 0 Å². The fraction of sp³-hybridized carbons (Fsp3) is 0.333. The van der Waals surface area contributed by atoms with Crippen LogP contribution in [0.25, 0.3) is 11.0 Å². The molecule has 0 amide bonds. The predicted molar refractivity (Wildman–Crippen MR) is 85.9 cm³/mol. The maximum atomic E-state index is 6.28. The Bertz CT molecular complexity index is 773. The molecule has 0 aliphatic heterocycles. The molecule has 4 nitrogen and oxygen atoms in total. The standard InChI is InChI=1S/C15H16Cl2N4/c1-10(16)15-19-14-12(17)4-3-5-13(14)21(15)9-7-11-6-8-18-20(11)2/h3-6,8,10H,7,9H2,1-2H3. The summed E-state index contributed by atoms with van der Waals surface area (Å²) in [5, 5.41) is 4.69. The van der Waals surface area contributed by atoms with Crippen LogP contribution < -0.4 is 0 Å². The predicted octanol–water partition coefficient (Wildman–Crippen LogP) is 3.97. The first kappa shape index (κ1) is 14.4. The fourth-order valence-corrected chi connectivity index (χ4v) is 2.92. The monoisotopic (exact) mass is 322 g/mol. The summed E-state index contributed by atoms with van der Waals surface area (Å²) >= 11 is 12.5. The number of fused-ring (bicyclic) bond motifs is 1. The van der Waals surface area contributed by atoms with Crippen molar-refractivity contribution in [3.05, 3.63) is 47.0 Å². The minimum atomic E-state index is -0.167. The van der Waals surface area contributed by atoms with E-state index in [9.17, 15) is 0 Å². The average Bonchev–Trinajstić information content (AvgIpc) is 3.01. The van der Waals surface area contributed by atoms with E-state index in [4.69, 9.17) is 23.2 Å². The highest BCUT2D eigenvalue weighted by Crippen LogP contribution is 2.28. The highest BCUT2D eigenvalue weighted by Gasteiger charge is 2.16. The molecule has 0 aliphatic rings. The Labute approximate surface area is 133 Å². The number of halogens is 2. The van der Waals surface area contributed by atoms with E-state index in [-0.39, 0.29) is 5.38 Å². The normalized spacial score (nSPS) is 13.0. The van der Waals surface area contributed by atoms with Gasteiger partial charge in [-0.1, -0.05) is 17.7 Å². The number of benzene rings is 1. The van der Waals surface area contributed by atoms with Crippen LogP contribution in [0.5, 0.6) is 0 Å². The molecule has 2 aromatic heterocycles. The lowest BCUT2D eigenvalue weighted by molar-refractivity contribution is 0.624. The summed E-state index contributed by atoms with van der Waals surface area (Å²) < 4.78 is 4.03. The van der Waals surface area contributed by atoms with Gasteiger partial charge in [0.05, 0.1) is 15.9 Å². The van der Waals surface area contributed by atoms with Crippen LogP contribution in [-0.2, 0) is 20.0 Å². The number of aromatic nitrogens is 4. The van der Waals surface area contributed by atoms with Crippen LogP contribution in [0.3, 0.4) is 0 Å². The summed E-state index contributed by atoms with van der Waals surface area (Å²) in [7, 11) is 1.95. The SMILES string of the molecule is CC(Cl)c1nc2c(Cl)cccc2n1CCc1ccnn1C. The molecule has 0 bridgehead atoms. The largest absolute Gasteiger partial charge is 0.326 e. The summed E-state index contributed by atoms with van der Waals surface area (Å²) in [5.41, 5.74) is 3.01. The van der Waals surface area contributed by atoms with Crippen molar-refractivity contribution in [2.24, 2.45) is 7.05 Å². The van der Waals surface area contributed by atoms with Crippen LogP contribution >= 0.6 is 23.2 Å². The van der Waals surface area contributed by atoms with Crippen LogP contribution in [0.2, 0.25) is 5.02 Å². The van der Waals surface area contributed by atoms with E-state index in [1.54, 1.807) is 0 Å². The topological polar surface area (TPSA) is 35.6 Å². The van der Waals surface area contributed by atoms with Crippen molar-refractivity contribution in [3.63, 3.8) is 0 Å². The molecule has 3 rings (SSSR count). The van der Waals surface area contributed by atoms with E-state index in [0.717, 1.165) is 29.8 Å². The highest BCUT2D eigenvalue weighted by atomic mass is 35.5. The molecule has 1 atom stereocenters. The van der Waals surface area contributed by atoms with Gasteiger partial charge in [-0.3, -0.25) is 4.68 Å². The van der Waals surface area contributed by atoms with Crippen LogP contribution in [0.1, 0.15) is 23.8 Å². The van der Waals surface area contributed by atoms with Crippen molar-refractivity contribution in [1.82, 2.24) is 19.3 Å². The van der Waals surface area contributed by atoms with Gasteiger partial charge in [-0.15, -0.1) is 11.6 Å². The summed E-state index contributed by atoms with van der Waals surface area (Å²) in [5.74, 6) is 0.849. The first-order valence-electron chi connectivity index (χ1n) is 6.83. The number of rotatable bonds is 4. The van der Waals surface area contributed by atoms with Crippen LogP contribution in [0, 0.1) is 0 Å². The summed E-state index contributed by atoms with van der Waals surface area (Å²) in [4.78, 5) is 4.61. The third kappa shape index (κ3) is 2.65. The Kier molecular flexibility index (Phi) is 3.91. The molecule has 1 aromatic carbocycles. The lowest BCUT2D eigenvalue weighted by atomic mass is 10.2. The van der Waals surface area contributed by atoms with Gasteiger partial charge in [0.1, 0.15) is 11.3 Å². The Balaban J connectivity index is 2.01. The lowest BCUT2D eigenvalue weighted by Crippen LogP contribution is -2.09. The molecule has 0 radical (unpaired) electrons.